The van der Waals surface area contributed by atoms with Gasteiger partial charge >= 0.3 is 0 Å². The van der Waals surface area contributed by atoms with Crippen molar-refractivity contribution in [2.24, 2.45) is 0 Å². The summed E-state index contributed by atoms with van der Waals surface area (Å²) < 4.78 is 12.4. The normalized spacial score (nSPS) is 12.3. The Morgan fingerprint density at radius 2 is 1.92 bits per heavy atom. The lowest BCUT2D eigenvalue weighted by Gasteiger charge is -2.22. The van der Waals surface area contributed by atoms with Gasteiger partial charge in [-0.05, 0) is 41.2 Å². The summed E-state index contributed by atoms with van der Waals surface area (Å²) in [5, 5.41) is 8.64. The first-order valence-electron chi connectivity index (χ1n) is 8.34. The molecule has 24 heavy (non-hydrogen) atoms. The number of rotatable bonds is 7. The van der Waals surface area contributed by atoms with E-state index in [9.17, 15) is 0 Å². The van der Waals surface area contributed by atoms with Gasteiger partial charge in [-0.3, -0.25) is 9.58 Å². The predicted octanol–water partition coefficient (Wildman–Crippen LogP) is 2.81. The summed E-state index contributed by atoms with van der Waals surface area (Å²) in [6.07, 6.45) is 0. The molecule has 0 radical (unpaired) electrons. The zero-order valence-corrected chi connectivity index (χ0v) is 15.9. The fourth-order valence-electron chi connectivity index (χ4n) is 2.79. The molecular formula is C17H29N5O2. The minimum Gasteiger partial charge on any atom is -0.377 e. The molecule has 0 N–H and O–H groups in total. The topological polar surface area (TPSA) is 69.2 Å². The van der Waals surface area contributed by atoms with Crippen molar-refractivity contribution in [1.82, 2.24) is 24.8 Å². The van der Waals surface area contributed by atoms with Gasteiger partial charge in [0, 0.05) is 24.9 Å². The molecule has 0 atom stereocenters. The van der Waals surface area contributed by atoms with Crippen molar-refractivity contribution in [3.63, 3.8) is 0 Å². The minimum absolute atomic E-state index is 0.0221. The highest BCUT2D eigenvalue weighted by molar-refractivity contribution is 5.25. The molecule has 2 aromatic rings. The maximum atomic E-state index is 5.30. The maximum absolute atomic E-state index is 5.30. The molecule has 0 aliphatic carbocycles. The molecule has 0 amide bonds. The number of aryl methyl sites for hydroxylation is 1. The van der Waals surface area contributed by atoms with Gasteiger partial charge in [0.2, 0.25) is 5.89 Å². The van der Waals surface area contributed by atoms with Gasteiger partial charge in [-0.15, -0.1) is 0 Å². The third-order valence-electron chi connectivity index (χ3n) is 4.05. The second-order valence-corrected chi connectivity index (χ2v) is 7.07. The van der Waals surface area contributed by atoms with Gasteiger partial charge in [-0.1, -0.05) is 12.1 Å². The molecule has 0 unspecified atom stereocenters. The van der Waals surface area contributed by atoms with Crippen molar-refractivity contribution in [3.05, 3.63) is 28.7 Å². The monoisotopic (exact) mass is 335 g/mol. The molecule has 2 heterocycles. The molecule has 2 rings (SSSR count). The molecule has 2 aromatic heterocycles. The number of ether oxygens (including phenoxy) is 1. The highest BCUT2D eigenvalue weighted by Gasteiger charge is 2.22. The molecule has 0 spiro atoms. The second kappa shape index (κ2) is 7.44. The maximum Gasteiger partial charge on any atom is 0.240 e. The Morgan fingerprint density at radius 3 is 2.46 bits per heavy atom. The van der Waals surface area contributed by atoms with Gasteiger partial charge in [0.1, 0.15) is 6.61 Å². The Morgan fingerprint density at radius 1 is 1.21 bits per heavy atom. The Balaban J connectivity index is 2.14. The van der Waals surface area contributed by atoms with E-state index in [1.165, 1.54) is 11.3 Å². The average molecular weight is 335 g/mol. The van der Waals surface area contributed by atoms with Crippen LogP contribution in [0.5, 0.6) is 0 Å². The molecule has 0 saturated carbocycles. The van der Waals surface area contributed by atoms with Crippen LogP contribution in [0.3, 0.4) is 0 Å². The van der Waals surface area contributed by atoms with Crippen molar-refractivity contribution in [3.8, 4) is 0 Å². The molecule has 0 bridgehead atoms. The van der Waals surface area contributed by atoms with E-state index in [1.807, 2.05) is 0 Å². The zero-order valence-electron chi connectivity index (χ0n) is 15.9. The van der Waals surface area contributed by atoms with E-state index in [0.29, 0.717) is 24.9 Å². The van der Waals surface area contributed by atoms with E-state index in [1.54, 1.807) is 7.11 Å². The summed E-state index contributed by atoms with van der Waals surface area (Å²) in [4.78, 5) is 6.63. The molecule has 7 heteroatoms. The summed E-state index contributed by atoms with van der Waals surface area (Å²) in [7, 11) is 1.62. The predicted molar refractivity (Wildman–Crippen MR) is 91.5 cm³/mol. The molecule has 0 saturated heterocycles. The van der Waals surface area contributed by atoms with Crippen LogP contribution in [0.25, 0.3) is 0 Å². The summed E-state index contributed by atoms with van der Waals surface area (Å²) >= 11 is 0. The SMILES string of the molecule is CCN(Cc1nc(COC)no1)Cc1c(C)nn(C(C)(C)C)c1C. The van der Waals surface area contributed by atoms with Crippen molar-refractivity contribution in [2.45, 2.75) is 66.8 Å². The van der Waals surface area contributed by atoms with Crippen LogP contribution in [0.4, 0.5) is 0 Å². The van der Waals surface area contributed by atoms with E-state index >= 15 is 0 Å². The Kier molecular flexibility index (Phi) is 5.77. The standard InChI is InChI=1S/C17H29N5O2/c1-8-21(10-16-18-15(11-23-7)20-24-16)9-14-12(2)19-22(13(14)3)17(4,5)6/h8-11H2,1-7H3. The van der Waals surface area contributed by atoms with E-state index in [0.717, 1.165) is 18.8 Å². The van der Waals surface area contributed by atoms with Crippen LogP contribution in [0.2, 0.25) is 0 Å². The average Bonchev–Trinajstić information content (AvgIpc) is 3.05. The van der Waals surface area contributed by atoms with Gasteiger partial charge in [-0.2, -0.15) is 10.1 Å². The molecule has 134 valence electrons. The lowest BCUT2D eigenvalue weighted by molar-refractivity contribution is 0.174. The summed E-state index contributed by atoms with van der Waals surface area (Å²) in [6.45, 7) is 15.5. The van der Waals surface area contributed by atoms with Gasteiger partial charge in [0.15, 0.2) is 5.82 Å². The highest BCUT2D eigenvalue weighted by Crippen LogP contribution is 2.23. The number of hydrogen-bond acceptors (Lipinski definition) is 6. The van der Waals surface area contributed by atoms with E-state index < -0.39 is 0 Å². The van der Waals surface area contributed by atoms with Crippen LogP contribution >= 0.6 is 0 Å². The van der Waals surface area contributed by atoms with Gasteiger partial charge in [0.05, 0.1) is 17.8 Å². The highest BCUT2D eigenvalue weighted by atomic mass is 16.5. The fourth-order valence-corrected chi connectivity index (χ4v) is 2.79. The Bertz CT molecular complexity index is 669. The summed E-state index contributed by atoms with van der Waals surface area (Å²) in [5.41, 5.74) is 3.53. The van der Waals surface area contributed by atoms with Crippen LogP contribution in [0.1, 0.15) is 56.4 Å². The lowest BCUT2D eigenvalue weighted by atomic mass is 10.1. The smallest absolute Gasteiger partial charge is 0.240 e. The second-order valence-electron chi connectivity index (χ2n) is 7.07. The van der Waals surface area contributed by atoms with Crippen molar-refractivity contribution < 1.29 is 9.26 Å². The molecule has 0 fully saturated rings. The Hall–Kier alpha value is -1.73. The van der Waals surface area contributed by atoms with E-state index in [-0.39, 0.29) is 5.54 Å². The van der Waals surface area contributed by atoms with Crippen molar-refractivity contribution in [1.29, 1.82) is 0 Å². The molecule has 0 aromatic carbocycles. The molecule has 0 aliphatic rings. The van der Waals surface area contributed by atoms with Crippen molar-refractivity contribution >= 4 is 0 Å². The van der Waals surface area contributed by atoms with Gasteiger partial charge < -0.3 is 9.26 Å². The number of methoxy groups -OCH3 is 1. The Labute approximate surface area is 144 Å². The third kappa shape index (κ3) is 4.21. The third-order valence-corrected chi connectivity index (χ3v) is 4.05. The van der Waals surface area contributed by atoms with Crippen LogP contribution in [0.15, 0.2) is 4.52 Å². The van der Waals surface area contributed by atoms with Crippen LogP contribution in [-0.4, -0.2) is 38.5 Å². The largest absolute Gasteiger partial charge is 0.377 e. The van der Waals surface area contributed by atoms with Crippen LogP contribution in [0, 0.1) is 13.8 Å². The lowest BCUT2D eigenvalue weighted by Crippen LogP contribution is -2.25. The van der Waals surface area contributed by atoms with Crippen LogP contribution < -0.4 is 0 Å². The number of aromatic nitrogens is 4. The van der Waals surface area contributed by atoms with Crippen molar-refractivity contribution in [2.75, 3.05) is 13.7 Å². The number of hydrogen-bond donors (Lipinski definition) is 0. The summed E-state index contributed by atoms with van der Waals surface area (Å²) in [6, 6.07) is 0. The fraction of sp³-hybridized carbons (Fsp3) is 0.706. The van der Waals surface area contributed by atoms with Crippen LogP contribution in [-0.2, 0) is 30.0 Å². The van der Waals surface area contributed by atoms with E-state index in [2.05, 4.69) is 61.3 Å². The molecular weight excluding hydrogens is 306 g/mol. The minimum atomic E-state index is -0.0221. The first-order chi connectivity index (χ1) is 11.3. The molecule has 7 nitrogen and oxygen atoms in total. The first kappa shape index (κ1) is 18.6. The molecule has 0 aliphatic heterocycles. The summed E-state index contributed by atoms with van der Waals surface area (Å²) in [5.74, 6) is 1.19. The number of nitrogens with zero attached hydrogens (tertiary/aromatic N) is 5. The van der Waals surface area contributed by atoms with Gasteiger partial charge in [-0.25, -0.2) is 0 Å². The van der Waals surface area contributed by atoms with Gasteiger partial charge in [0.25, 0.3) is 0 Å². The zero-order chi connectivity index (χ0) is 17.9. The van der Waals surface area contributed by atoms with E-state index in [4.69, 9.17) is 14.4 Å². The quantitative estimate of drug-likeness (QED) is 0.775. The first-order valence-corrected chi connectivity index (χ1v) is 8.34.